The zero-order valence-electron chi connectivity index (χ0n) is 17.0. The molecule has 1 aliphatic heterocycles. The highest BCUT2D eigenvalue weighted by molar-refractivity contribution is 6.02. The largest absolute Gasteiger partial charge is 0.350 e. The lowest BCUT2D eigenvalue weighted by Crippen LogP contribution is -2.46. The summed E-state index contributed by atoms with van der Waals surface area (Å²) in [6, 6.07) is 6.15. The summed E-state index contributed by atoms with van der Waals surface area (Å²) in [6.45, 7) is 3.13. The van der Waals surface area contributed by atoms with Gasteiger partial charge in [-0.3, -0.25) is 9.48 Å². The van der Waals surface area contributed by atoms with E-state index in [0.717, 1.165) is 24.0 Å². The number of carbonyl (C=O) groups is 1. The summed E-state index contributed by atoms with van der Waals surface area (Å²) in [4.78, 5) is 23.0. The molecular weight excluding hydrogens is 385 g/mol. The Kier molecular flexibility index (Phi) is 5.60. The smallest absolute Gasteiger partial charge is 0.247 e. The average Bonchev–Trinajstić information content (AvgIpc) is 3.19. The standard InChI is InChI=1S/C21H24FN7O/c1-3-4-18-20(30)26-17-11-24-21(27-19(17)28(18)2)23-9-15-10-25-29(13-15)12-14-5-7-16(22)8-6-14/h5-8,10-11,13,18H,3-4,9,12H2,1-2H3,(H,26,30)(H,23,24,27). The second-order valence-electron chi connectivity index (χ2n) is 7.36. The van der Waals surface area contributed by atoms with Gasteiger partial charge in [0.25, 0.3) is 0 Å². The first kappa shape index (κ1) is 19.8. The summed E-state index contributed by atoms with van der Waals surface area (Å²) in [6.07, 6.45) is 7.01. The molecule has 4 rings (SSSR count). The molecule has 0 fully saturated rings. The summed E-state index contributed by atoms with van der Waals surface area (Å²) in [5.41, 5.74) is 2.57. The van der Waals surface area contributed by atoms with Gasteiger partial charge >= 0.3 is 0 Å². The van der Waals surface area contributed by atoms with Gasteiger partial charge in [-0.25, -0.2) is 9.37 Å². The SMILES string of the molecule is CCCC1C(=O)Nc2cnc(NCc3cnn(Cc4ccc(F)cc4)c3)nc2N1C. The molecule has 1 unspecified atom stereocenters. The molecule has 9 heteroatoms. The molecule has 2 aromatic heterocycles. The quantitative estimate of drug-likeness (QED) is 0.624. The van der Waals surface area contributed by atoms with Crippen molar-refractivity contribution in [3.63, 3.8) is 0 Å². The maximum Gasteiger partial charge on any atom is 0.247 e. The number of hydrogen-bond acceptors (Lipinski definition) is 6. The lowest BCUT2D eigenvalue weighted by molar-refractivity contribution is -0.117. The summed E-state index contributed by atoms with van der Waals surface area (Å²) in [7, 11) is 1.88. The van der Waals surface area contributed by atoms with Gasteiger partial charge in [-0.2, -0.15) is 10.1 Å². The zero-order chi connectivity index (χ0) is 21.1. The van der Waals surface area contributed by atoms with E-state index in [1.165, 1.54) is 12.1 Å². The van der Waals surface area contributed by atoms with E-state index >= 15 is 0 Å². The number of fused-ring (bicyclic) bond motifs is 1. The van der Waals surface area contributed by atoms with Crippen LogP contribution in [0.5, 0.6) is 0 Å². The number of carbonyl (C=O) groups excluding carboxylic acids is 1. The zero-order valence-corrected chi connectivity index (χ0v) is 17.0. The van der Waals surface area contributed by atoms with E-state index in [9.17, 15) is 9.18 Å². The highest BCUT2D eigenvalue weighted by Crippen LogP contribution is 2.30. The summed E-state index contributed by atoms with van der Waals surface area (Å²) in [5, 5.41) is 10.4. The normalized spacial score (nSPS) is 15.6. The van der Waals surface area contributed by atoms with Gasteiger partial charge in [-0.1, -0.05) is 25.5 Å². The van der Waals surface area contributed by atoms with Crippen LogP contribution < -0.4 is 15.5 Å². The molecule has 30 heavy (non-hydrogen) atoms. The lowest BCUT2D eigenvalue weighted by atomic mass is 10.1. The minimum Gasteiger partial charge on any atom is -0.350 e. The van der Waals surface area contributed by atoms with Crippen molar-refractivity contribution in [3.8, 4) is 0 Å². The fraction of sp³-hybridized carbons (Fsp3) is 0.333. The maximum absolute atomic E-state index is 13.0. The molecule has 1 amide bonds. The molecule has 0 saturated carbocycles. The lowest BCUT2D eigenvalue weighted by Gasteiger charge is -2.33. The number of aromatic nitrogens is 4. The van der Waals surface area contributed by atoms with E-state index in [2.05, 4.69) is 32.6 Å². The van der Waals surface area contributed by atoms with Crippen molar-refractivity contribution >= 4 is 23.4 Å². The predicted octanol–water partition coefficient (Wildman–Crippen LogP) is 3.03. The summed E-state index contributed by atoms with van der Waals surface area (Å²) in [5.74, 6) is 0.918. The number of hydrogen-bond donors (Lipinski definition) is 2. The topological polar surface area (TPSA) is 88.0 Å². The van der Waals surface area contributed by atoms with Crippen LogP contribution in [0.1, 0.15) is 30.9 Å². The highest BCUT2D eigenvalue weighted by atomic mass is 19.1. The molecule has 0 spiro atoms. The first-order valence-corrected chi connectivity index (χ1v) is 9.94. The van der Waals surface area contributed by atoms with Crippen LogP contribution in [0, 0.1) is 5.82 Å². The van der Waals surface area contributed by atoms with Gasteiger partial charge in [0.1, 0.15) is 17.5 Å². The first-order valence-electron chi connectivity index (χ1n) is 9.94. The molecule has 0 saturated heterocycles. The van der Waals surface area contributed by atoms with Crippen molar-refractivity contribution in [1.29, 1.82) is 0 Å². The van der Waals surface area contributed by atoms with E-state index in [1.54, 1.807) is 29.2 Å². The van der Waals surface area contributed by atoms with Crippen molar-refractivity contribution < 1.29 is 9.18 Å². The predicted molar refractivity (Wildman–Crippen MR) is 113 cm³/mol. The van der Waals surface area contributed by atoms with Crippen LogP contribution in [-0.2, 0) is 17.9 Å². The van der Waals surface area contributed by atoms with Crippen LogP contribution in [0.2, 0.25) is 0 Å². The molecule has 1 aliphatic rings. The number of rotatable bonds is 7. The Balaban J connectivity index is 1.41. The Morgan fingerprint density at radius 3 is 2.77 bits per heavy atom. The summed E-state index contributed by atoms with van der Waals surface area (Å²) >= 11 is 0. The molecule has 2 N–H and O–H groups in total. The minimum absolute atomic E-state index is 0.0234. The maximum atomic E-state index is 13.0. The second kappa shape index (κ2) is 8.48. The average molecular weight is 409 g/mol. The number of nitrogens with one attached hydrogen (secondary N) is 2. The van der Waals surface area contributed by atoms with Gasteiger partial charge in [0, 0.05) is 25.4 Å². The molecular formula is C21H24FN7O. The third-order valence-corrected chi connectivity index (χ3v) is 5.09. The van der Waals surface area contributed by atoms with Crippen LogP contribution in [0.4, 0.5) is 21.8 Å². The van der Waals surface area contributed by atoms with E-state index in [4.69, 9.17) is 0 Å². The molecule has 0 radical (unpaired) electrons. The van der Waals surface area contributed by atoms with Crippen LogP contribution in [0.3, 0.4) is 0 Å². The first-order chi connectivity index (χ1) is 14.5. The number of nitrogens with zero attached hydrogens (tertiary/aromatic N) is 5. The van der Waals surface area contributed by atoms with E-state index in [0.29, 0.717) is 30.5 Å². The van der Waals surface area contributed by atoms with Crippen molar-refractivity contribution in [2.45, 2.75) is 38.9 Å². The summed E-state index contributed by atoms with van der Waals surface area (Å²) < 4.78 is 14.8. The van der Waals surface area contributed by atoms with Crippen molar-refractivity contribution in [3.05, 3.63) is 59.8 Å². The van der Waals surface area contributed by atoms with Gasteiger partial charge in [0.05, 0.1) is 18.9 Å². The van der Waals surface area contributed by atoms with Gasteiger partial charge in [-0.15, -0.1) is 0 Å². The Bertz CT molecular complexity index is 1030. The molecule has 156 valence electrons. The van der Waals surface area contributed by atoms with Crippen molar-refractivity contribution in [1.82, 2.24) is 19.7 Å². The second-order valence-corrected chi connectivity index (χ2v) is 7.36. The Morgan fingerprint density at radius 2 is 2.00 bits per heavy atom. The monoisotopic (exact) mass is 409 g/mol. The highest BCUT2D eigenvalue weighted by Gasteiger charge is 2.31. The fourth-order valence-corrected chi connectivity index (χ4v) is 3.49. The molecule has 3 heterocycles. The molecule has 3 aromatic rings. The van der Waals surface area contributed by atoms with Gasteiger partial charge in [0.15, 0.2) is 5.82 Å². The number of halogens is 1. The van der Waals surface area contributed by atoms with E-state index in [1.807, 2.05) is 18.1 Å². The molecule has 0 bridgehead atoms. The van der Waals surface area contributed by atoms with Crippen molar-refractivity contribution in [2.24, 2.45) is 0 Å². The van der Waals surface area contributed by atoms with Crippen LogP contribution in [0.25, 0.3) is 0 Å². The third-order valence-electron chi connectivity index (χ3n) is 5.09. The Morgan fingerprint density at radius 1 is 1.20 bits per heavy atom. The third kappa shape index (κ3) is 4.24. The van der Waals surface area contributed by atoms with Crippen LogP contribution in [0.15, 0.2) is 42.9 Å². The molecule has 8 nitrogen and oxygen atoms in total. The van der Waals surface area contributed by atoms with E-state index in [-0.39, 0.29) is 17.8 Å². The molecule has 1 aromatic carbocycles. The van der Waals surface area contributed by atoms with Gasteiger partial charge < -0.3 is 15.5 Å². The fourth-order valence-electron chi connectivity index (χ4n) is 3.49. The number of amides is 1. The number of likely N-dealkylation sites (N-methyl/N-ethyl adjacent to an activating group) is 1. The van der Waals surface area contributed by atoms with E-state index < -0.39 is 0 Å². The van der Waals surface area contributed by atoms with Gasteiger partial charge in [-0.05, 0) is 24.1 Å². The molecule has 1 atom stereocenters. The van der Waals surface area contributed by atoms with Gasteiger partial charge in [0.2, 0.25) is 11.9 Å². The Labute approximate surface area is 174 Å². The Hall–Kier alpha value is -3.49. The number of benzene rings is 1. The van der Waals surface area contributed by atoms with Crippen LogP contribution in [-0.4, -0.2) is 38.7 Å². The van der Waals surface area contributed by atoms with Crippen LogP contribution >= 0.6 is 0 Å². The number of anilines is 3. The molecule has 0 aliphatic carbocycles. The minimum atomic E-state index is -0.250. The van der Waals surface area contributed by atoms with Crippen molar-refractivity contribution in [2.75, 3.05) is 22.6 Å².